The van der Waals surface area contributed by atoms with Gasteiger partial charge in [-0.05, 0) is 24.3 Å². The number of carbonyl (C=O) groups is 1. The zero-order chi connectivity index (χ0) is 23.4. The summed E-state index contributed by atoms with van der Waals surface area (Å²) in [6.45, 7) is 3.45. The van der Waals surface area contributed by atoms with Gasteiger partial charge in [-0.25, -0.2) is 0 Å². The summed E-state index contributed by atoms with van der Waals surface area (Å²) in [4.78, 5) is 17.1. The minimum absolute atomic E-state index is 0.0499. The van der Waals surface area contributed by atoms with E-state index in [1.165, 1.54) is 0 Å². The number of piperazine rings is 1. The van der Waals surface area contributed by atoms with Gasteiger partial charge in [-0.1, -0.05) is 29.8 Å². The Balaban J connectivity index is 1.38. The molecule has 174 valence electrons. The Bertz CT molecular complexity index is 1110. The van der Waals surface area contributed by atoms with Gasteiger partial charge < -0.3 is 19.1 Å². The van der Waals surface area contributed by atoms with E-state index in [0.29, 0.717) is 53.3 Å². The smallest absolute Gasteiger partial charge is 0.271 e. The van der Waals surface area contributed by atoms with Gasteiger partial charge in [0.05, 0.1) is 27.0 Å². The highest BCUT2D eigenvalue weighted by molar-refractivity contribution is 6.30. The molecule has 0 bridgehead atoms. The van der Waals surface area contributed by atoms with Gasteiger partial charge >= 0.3 is 0 Å². The number of hydrogen-bond acceptors (Lipinski definition) is 6. The summed E-state index contributed by atoms with van der Waals surface area (Å²) in [5.74, 6) is 1.83. The third-order valence-corrected chi connectivity index (χ3v) is 6.04. The lowest BCUT2D eigenvalue weighted by Crippen LogP contribution is -2.48. The molecule has 0 aliphatic carbocycles. The van der Waals surface area contributed by atoms with Crippen molar-refractivity contribution in [2.45, 2.75) is 6.54 Å². The number of H-pyrrole nitrogens is 1. The monoisotopic (exact) mass is 470 g/mol. The molecule has 0 saturated carbocycles. The number of carbonyl (C=O) groups excluding carboxylic acids is 1. The molecule has 1 aliphatic rings. The second kappa shape index (κ2) is 10.1. The molecule has 0 spiro atoms. The summed E-state index contributed by atoms with van der Waals surface area (Å²) in [6.07, 6.45) is 0. The predicted molar refractivity (Wildman–Crippen MR) is 126 cm³/mol. The van der Waals surface area contributed by atoms with Crippen LogP contribution in [0.1, 0.15) is 16.1 Å². The number of methoxy groups -OCH3 is 3. The van der Waals surface area contributed by atoms with Crippen LogP contribution in [0, 0.1) is 0 Å². The van der Waals surface area contributed by atoms with Crippen LogP contribution in [0.25, 0.3) is 11.3 Å². The first-order chi connectivity index (χ1) is 16.0. The first-order valence-electron chi connectivity index (χ1n) is 10.6. The summed E-state index contributed by atoms with van der Waals surface area (Å²) in [7, 11) is 4.83. The standard InChI is InChI=1S/C24H27ClN4O4/c1-31-21-9-6-17(22(32-2)23(21)33-3)15-28-10-12-29(13-11-28)24(30)20-14-19(26-27-20)16-4-7-18(25)8-5-16/h4-9,14H,10-13,15H2,1-3H3,(H,26,27). The number of nitrogens with one attached hydrogen (secondary N) is 1. The molecule has 4 rings (SSSR count). The summed E-state index contributed by atoms with van der Waals surface area (Å²) < 4.78 is 16.5. The van der Waals surface area contributed by atoms with Crippen molar-refractivity contribution < 1.29 is 19.0 Å². The molecule has 2 heterocycles. The van der Waals surface area contributed by atoms with E-state index < -0.39 is 0 Å². The van der Waals surface area contributed by atoms with Crippen molar-refractivity contribution in [1.29, 1.82) is 0 Å². The average Bonchev–Trinajstić information content (AvgIpc) is 3.34. The topological polar surface area (TPSA) is 79.9 Å². The van der Waals surface area contributed by atoms with Gasteiger partial charge in [-0.15, -0.1) is 0 Å². The first-order valence-corrected chi connectivity index (χ1v) is 11.0. The third kappa shape index (κ3) is 4.91. The van der Waals surface area contributed by atoms with E-state index in [-0.39, 0.29) is 5.91 Å². The molecule has 0 unspecified atom stereocenters. The van der Waals surface area contributed by atoms with E-state index in [1.807, 2.05) is 29.2 Å². The largest absolute Gasteiger partial charge is 0.493 e. The Kier molecular flexibility index (Phi) is 7.05. The minimum Gasteiger partial charge on any atom is -0.493 e. The van der Waals surface area contributed by atoms with Gasteiger partial charge in [0.1, 0.15) is 5.69 Å². The molecule has 9 heteroatoms. The van der Waals surface area contributed by atoms with Crippen LogP contribution in [-0.4, -0.2) is 73.4 Å². The zero-order valence-electron chi connectivity index (χ0n) is 18.9. The van der Waals surface area contributed by atoms with Crippen LogP contribution in [0.4, 0.5) is 0 Å². The molecule has 1 aliphatic heterocycles. The molecule has 1 N–H and O–H groups in total. The Morgan fingerprint density at radius 1 is 0.970 bits per heavy atom. The fourth-order valence-electron chi connectivity index (χ4n) is 4.01. The zero-order valence-corrected chi connectivity index (χ0v) is 19.7. The van der Waals surface area contributed by atoms with E-state index in [9.17, 15) is 4.79 Å². The van der Waals surface area contributed by atoms with Gasteiger partial charge in [0, 0.05) is 48.9 Å². The number of ether oxygens (including phenoxy) is 3. The van der Waals surface area contributed by atoms with Crippen LogP contribution in [-0.2, 0) is 6.54 Å². The fourth-order valence-corrected chi connectivity index (χ4v) is 4.13. The number of aromatic amines is 1. The highest BCUT2D eigenvalue weighted by atomic mass is 35.5. The van der Waals surface area contributed by atoms with Crippen molar-refractivity contribution in [3.63, 3.8) is 0 Å². The minimum atomic E-state index is -0.0499. The Hall–Kier alpha value is -3.23. The number of nitrogens with zero attached hydrogens (tertiary/aromatic N) is 3. The summed E-state index contributed by atoms with van der Waals surface area (Å²) in [5.41, 5.74) is 3.11. The highest BCUT2D eigenvalue weighted by Gasteiger charge is 2.25. The van der Waals surface area contributed by atoms with E-state index in [0.717, 1.165) is 24.2 Å². The van der Waals surface area contributed by atoms with Crippen LogP contribution in [0.3, 0.4) is 0 Å². The number of rotatable bonds is 7. The summed E-state index contributed by atoms with van der Waals surface area (Å²) in [5, 5.41) is 7.83. The lowest BCUT2D eigenvalue weighted by atomic mass is 10.1. The van der Waals surface area contributed by atoms with Gasteiger partial charge in [-0.2, -0.15) is 5.10 Å². The van der Waals surface area contributed by atoms with Crippen LogP contribution in [0.5, 0.6) is 17.2 Å². The van der Waals surface area contributed by atoms with Crippen molar-refractivity contribution >= 4 is 17.5 Å². The Morgan fingerprint density at radius 2 is 1.67 bits per heavy atom. The van der Waals surface area contributed by atoms with E-state index in [1.54, 1.807) is 39.5 Å². The lowest BCUT2D eigenvalue weighted by molar-refractivity contribution is 0.0621. The normalized spacial score (nSPS) is 14.2. The van der Waals surface area contributed by atoms with Crippen molar-refractivity contribution in [3.8, 4) is 28.5 Å². The molecule has 3 aromatic rings. The molecule has 0 radical (unpaired) electrons. The van der Waals surface area contributed by atoms with Crippen LogP contribution in [0.15, 0.2) is 42.5 Å². The van der Waals surface area contributed by atoms with Gasteiger partial charge in [-0.3, -0.25) is 14.8 Å². The maximum Gasteiger partial charge on any atom is 0.271 e. The molecule has 33 heavy (non-hydrogen) atoms. The summed E-state index contributed by atoms with van der Waals surface area (Å²) in [6, 6.07) is 13.0. The molecule has 1 saturated heterocycles. The SMILES string of the molecule is COc1ccc(CN2CCN(C(=O)c3cc(-c4ccc(Cl)cc4)n[nH]3)CC2)c(OC)c1OC. The van der Waals surface area contributed by atoms with Gasteiger partial charge in [0.15, 0.2) is 11.5 Å². The highest BCUT2D eigenvalue weighted by Crippen LogP contribution is 2.40. The van der Waals surface area contributed by atoms with Gasteiger partial charge in [0.25, 0.3) is 5.91 Å². The second-order valence-electron chi connectivity index (χ2n) is 7.74. The number of hydrogen-bond donors (Lipinski definition) is 1. The molecule has 8 nitrogen and oxygen atoms in total. The van der Waals surface area contributed by atoms with Crippen LogP contribution >= 0.6 is 11.6 Å². The molecule has 0 atom stereocenters. The quantitative estimate of drug-likeness (QED) is 0.567. The van der Waals surface area contributed by atoms with Crippen molar-refractivity contribution in [2.24, 2.45) is 0 Å². The maximum absolute atomic E-state index is 13.0. The third-order valence-electron chi connectivity index (χ3n) is 5.79. The molecule has 2 aromatic carbocycles. The molecular weight excluding hydrogens is 444 g/mol. The first kappa shape index (κ1) is 22.9. The summed E-state index contributed by atoms with van der Waals surface area (Å²) >= 11 is 5.95. The van der Waals surface area contributed by atoms with E-state index in [2.05, 4.69) is 15.1 Å². The van der Waals surface area contributed by atoms with Gasteiger partial charge in [0.2, 0.25) is 5.75 Å². The van der Waals surface area contributed by atoms with Crippen LogP contribution in [0.2, 0.25) is 5.02 Å². The maximum atomic E-state index is 13.0. The van der Waals surface area contributed by atoms with E-state index >= 15 is 0 Å². The number of benzene rings is 2. The lowest BCUT2D eigenvalue weighted by Gasteiger charge is -2.34. The number of amides is 1. The molecular formula is C24H27ClN4O4. The second-order valence-corrected chi connectivity index (χ2v) is 8.17. The van der Waals surface area contributed by atoms with Crippen molar-refractivity contribution in [1.82, 2.24) is 20.0 Å². The molecule has 1 amide bonds. The van der Waals surface area contributed by atoms with Crippen LogP contribution < -0.4 is 14.2 Å². The fraction of sp³-hybridized carbons (Fsp3) is 0.333. The number of halogens is 1. The van der Waals surface area contributed by atoms with Crippen molar-refractivity contribution in [2.75, 3.05) is 47.5 Å². The van der Waals surface area contributed by atoms with Crippen molar-refractivity contribution in [3.05, 3.63) is 58.7 Å². The number of aromatic nitrogens is 2. The van der Waals surface area contributed by atoms with E-state index in [4.69, 9.17) is 25.8 Å². The molecule has 1 aromatic heterocycles. The predicted octanol–water partition coefficient (Wildman–Crippen LogP) is 3.71. The average molecular weight is 471 g/mol. The molecule has 1 fully saturated rings. The Labute approximate surface area is 198 Å². The Morgan fingerprint density at radius 3 is 2.30 bits per heavy atom.